The van der Waals surface area contributed by atoms with Crippen molar-refractivity contribution in [3.05, 3.63) is 35.9 Å². The second-order valence-corrected chi connectivity index (χ2v) is 8.71. The molecule has 0 radical (unpaired) electrons. The third-order valence-electron chi connectivity index (χ3n) is 6.30. The number of carbonyl (C=O) groups is 2. The second kappa shape index (κ2) is 8.01. The van der Waals surface area contributed by atoms with Crippen molar-refractivity contribution in [2.75, 3.05) is 26.2 Å². The van der Waals surface area contributed by atoms with Crippen LogP contribution in [-0.2, 0) is 16.1 Å². The summed E-state index contributed by atoms with van der Waals surface area (Å²) in [6, 6.07) is 10.7. The van der Waals surface area contributed by atoms with Crippen LogP contribution >= 0.6 is 0 Å². The summed E-state index contributed by atoms with van der Waals surface area (Å²) < 4.78 is 0. The summed E-state index contributed by atoms with van der Waals surface area (Å²) in [5.41, 5.74) is 1.40. The first-order valence-electron chi connectivity index (χ1n) is 10.5. The predicted molar refractivity (Wildman–Crippen MR) is 105 cm³/mol. The van der Waals surface area contributed by atoms with Crippen LogP contribution in [0.15, 0.2) is 30.3 Å². The Morgan fingerprint density at radius 3 is 2.74 bits per heavy atom. The molecule has 0 aromatic heterocycles. The van der Waals surface area contributed by atoms with E-state index in [9.17, 15) is 9.59 Å². The maximum atomic E-state index is 12.5. The number of nitrogens with zero attached hydrogens (tertiary/aromatic N) is 2. The Kier molecular flexibility index (Phi) is 5.48. The molecule has 1 unspecified atom stereocenters. The van der Waals surface area contributed by atoms with Crippen LogP contribution in [0.4, 0.5) is 0 Å². The summed E-state index contributed by atoms with van der Waals surface area (Å²) in [6.07, 6.45) is 6.88. The first kappa shape index (κ1) is 18.5. The van der Waals surface area contributed by atoms with Crippen LogP contribution in [0.2, 0.25) is 0 Å². The minimum absolute atomic E-state index is 0.196. The number of hydrogen-bond acceptors (Lipinski definition) is 3. The largest absolute Gasteiger partial charge is 0.353 e. The Morgan fingerprint density at radius 1 is 1.15 bits per heavy atom. The fourth-order valence-electron chi connectivity index (χ4n) is 4.67. The summed E-state index contributed by atoms with van der Waals surface area (Å²) >= 11 is 0. The molecule has 1 atom stereocenters. The number of carbonyl (C=O) groups excluding carboxylic acids is 2. The van der Waals surface area contributed by atoms with Crippen molar-refractivity contribution in [2.24, 2.45) is 5.41 Å². The maximum Gasteiger partial charge on any atom is 0.222 e. The summed E-state index contributed by atoms with van der Waals surface area (Å²) in [6.45, 7) is 4.50. The van der Waals surface area contributed by atoms with Gasteiger partial charge in [-0.2, -0.15) is 0 Å². The zero-order chi connectivity index (χ0) is 18.7. The summed E-state index contributed by atoms with van der Waals surface area (Å²) in [5.74, 6) is 0.479. The van der Waals surface area contributed by atoms with Gasteiger partial charge in [-0.25, -0.2) is 0 Å². The molecule has 1 spiro atoms. The molecule has 5 heteroatoms. The van der Waals surface area contributed by atoms with Crippen LogP contribution in [0.1, 0.15) is 50.5 Å². The van der Waals surface area contributed by atoms with Gasteiger partial charge in [0.15, 0.2) is 0 Å². The highest BCUT2D eigenvalue weighted by atomic mass is 16.2. The van der Waals surface area contributed by atoms with Gasteiger partial charge in [0.25, 0.3) is 0 Å². The summed E-state index contributed by atoms with van der Waals surface area (Å²) in [5, 5.41) is 3.09. The molecule has 3 aliphatic rings. The van der Waals surface area contributed by atoms with Gasteiger partial charge in [0, 0.05) is 50.5 Å². The fourth-order valence-corrected chi connectivity index (χ4v) is 4.67. The van der Waals surface area contributed by atoms with E-state index in [1.54, 1.807) is 0 Å². The molecule has 2 amide bonds. The molecule has 4 rings (SSSR count). The van der Waals surface area contributed by atoms with Gasteiger partial charge in [-0.1, -0.05) is 30.3 Å². The maximum absolute atomic E-state index is 12.5. The first-order chi connectivity index (χ1) is 13.1. The first-order valence-corrected chi connectivity index (χ1v) is 10.5. The molecule has 1 N–H and O–H groups in total. The molecule has 1 aliphatic carbocycles. The molecule has 3 fully saturated rings. The molecule has 2 saturated heterocycles. The van der Waals surface area contributed by atoms with Gasteiger partial charge in [0.1, 0.15) is 0 Å². The monoisotopic (exact) mass is 369 g/mol. The van der Waals surface area contributed by atoms with Gasteiger partial charge in [-0.05, 0) is 44.2 Å². The Bertz CT molecular complexity index is 673. The van der Waals surface area contributed by atoms with E-state index in [0.717, 1.165) is 51.9 Å². The molecular weight excluding hydrogens is 338 g/mol. The summed E-state index contributed by atoms with van der Waals surface area (Å²) in [7, 11) is 0. The average molecular weight is 370 g/mol. The van der Waals surface area contributed by atoms with E-state index in [1.165, 1.54) is 12.0 Å². The van der Waals surface area contributed by atoms with Gasteiger partial charge in [-0.15, -0.1) is 0 Å². The normalized spacial score (nSPS) is 26.4. The molecule has 2 aliphatic heterocycles. The Hall–Kier alpha value is -1.88. The number of amides is 2. The van der Waals surface area contributed by atoms with Crippen molar-refractivity contribution in [3.8, 4) is 0 Å². The SMILES string of the molecule is O=C(CCN1CCCC2(CCC(=O)N(Cc3ccccc3)C2)C1)NC1CC1. The number of benzene rings is 1. The highest BCUT2D eigenvalue weighted by Crippen LogP contribution is 2.39. The minimum Gasteiger partial charge on any atom is -0.353 e. The van der Waals surface area contributed by atoms with Crippen LogP contribution in [0.5, 0.6) is 0 Å². The minimum atomic E-state index is 0.196. The molecule has 2 heterocycles. The average Bonchev–Trinajstić information content (AvgIpc) is 3.48. The molecule has 27 heavy (non-hydrogen) atoms. The number of piperidine rings is 2. The predicted octanol–water partition coefficient (Wildman–Crippen LogP) is 2.56. The van der Waals surface area contributed by atoms with E-state index in [2.05, 4.69) is 27.2 Å². The molecule has 146 valence electrons. The Morgan fingerprint density at radius 2 is 1.96 bits per heavy atom. The van der Waals surface area contributed by atoms with Crippen LogP contribution in [0, 0.1) is 5.41 Å². The van der Waals surface area contributed by atoms with Gasteiger partial charge in [0.05, 0.1) is 0 Å². The third kappa shape index (κ3) is 4.89. The van der Waals surface area contributed by atoms with E-state index < -0.39 is 0 Å². The molecule has 5 nitrogen and oxygen atoms in total. The van der Waals surface area contributed by atoms with Crippen molar-refractivity contribution < 1.29 is 9.59 Å². The van der Waals surface area contributed by atoms with Crippen molar-refractivity contribution >= 4 is 11.8 Å². The second-order valence-electron chi connectivity index (χ2n) is 8.71. The molecule has 1 aromatic rings. The third-order valence-corrected chi connectivity index (χ3v) is 6.30. The zero-order valence-corrected chi connectivity index (χ0v) is 16.2. The van der Waals surface area contributed by atoms with E-state index in [4.69, 9.17) is 0 Å². The Balaban J connectivity index is 1.33. The molecule has 1 saturated carbocycles. The van der Waals surface area contributed by atoms with E-state index in [0.29, 0.717) is 25.4 Å². The van der Waals surface area contributed by atoms with Crippen molar-refractivity contribution in [3.63, 3.8) is 0 Å². The van der Waals surface area contributed by atoms with Crippen molar-refractivity contribution in [2.45, 2.75) is 57.5 Å². The highest BCUT2D eigenvalue weighted by molar-refractivity contribution is 5.77. The number of nitrogens with one attached hydrogen (secondary N) is 1. The van der Waals surface area contributed by atoms with Crippen LogP contribution in [-0.4, -0.2) is 53.8 Å². The summed E-state index contributed by atoms with van der Waals surface area (Å²) in [4.78, 5) is 29.0. The van der Waals surface area contributed by atoms with Crippen LogP contribution in [0.3, 0.4) is 0 Å². The lowest BCUT2D eigenvalue weighted by Gasteiger charge is -2.48. The van der Waals surface area contributed by atoms with Gasteiger partial charge < -0.3 is 15.1 Å². The van der Waals surface area contributed by atoms with Gasteiger partial charge in [-0.3, -0.25) is 9.59 Å². The lowest BCUT2D eigenvalue weighted by molar-refractivity contribution is -0.140. The molecule has 1 aromatic carbocycles. The van der Waals surface area contributed by atoms with Crippen LogP contribution < -0.4 is 5.32 Å². The standard InChI is InChI=1S/C22H31N3O2/c26-20(23-19-7-8-19)10-14-24-13-4-11-22(16-24)12-9-21(27)25(17-22)15-18-5-2-1-3-6-18/h1-3,5-6,19H,4,7-17H2,(H,23,26). The molecular formula is C22H31N3O2. The number of likely N-dealkylation sites (tertiary alicyclic amines) is 2. The van der Waals surface area contributed by atoms with Gasteiger partial charge >= 0.3 is 0 Å². The Labute approximate surface area is 162 Å². The number of hydrogen-bond donors (Lipinski definition) is 1. The van der Waals surface area contributed by atoms with E-state index >= 15 is 0 Å². The highest BCUT2D eigenvalue weighted by Gasteiger charge is 2.41. The quantitative estimate of drug-likeness (QED) is 0.838. The smallest absolute Gasteiger partial charge is 0.222 e. The topological polar surface area (TPSA) is 52.7 Å². The van der Waals surface area contributed by atoms with E-state index in [1.807, 2.05) is 18.2 Å². The lowest BCUT2D eigenvalue weighted by Crippen LogP contribution is -2.54. The molecule has 0 bridgehead atoms. The van der Waals surface area contributed by atoms with Gasteiger partial charge in [0.2, 0.25) is 11.8 Å². The van der Waals surface area contributed by atoms with Crippen molar-refractivity contribution in [1.29, 1.82) is 0 Å². The van der Waals surface area contributed by atoms with Crippen LogP contribution in [0.25, 0.3) is 0 Å². The zero-order valence-electron chi connectivity index (χ0n) is 16.2. The fraction of sp³-hybridized carbons (Fsp3) is 0.636. The number of rotatable bonds is 6. The van der Waals surface area contributed by atoms with E-state index in [-0.39, 0.29) is 17.2 Å². The lowest BCUT2D eigenvalue weighted by atomic mass is 9.73. The van der Waals surface area contributed by atoms with Crippen molar-refractivity contribution in [1.82, 2.24) is 15.1 Å².